The van der Waals surface area contributed by atoms with E-state index < -0.39 is 18.5 Å². The third-order valence-electron chi connectivity index (χ3n) is 3.76. The van der Waals surface area contributed by atoms with Gasteiger partial charge in [0.1, 0.15) is 5.02 Å². The summed E-state index contributed by atoms with van der Waals surface area (Å²) >= 11 is 7.15. The van der Waals surface area contributed by atoms with Gasteiger partial charge in [-0.1, -0.05) is 41.9 Å². The number of aliphatic carboxylic acids is 1. The number of carboxylic acid groups (broad SMARTS) is 2. The van der Waals surface area contributed by atoms with Crippen LogP contribution in [0.2, 0.25) is 5.02 Å². The lowest BCUT2D eigenvalue weighted by Gasteiger charge is -2.07. The Morgan fingerprint density at radius 3 is 2.41 bits per heavy atom. The molecule has 3 N–H and O–H groups in total. The van der Waals surface area contributed by atoms with Gasteiger partial charge in [-0.15, -0.1) is 11.3 Å². The fourth-order valence-corrected chi connectivity index (χ4v) is 3.92. The van der Waals surface area contributed by atoms with Crippen molar-refractivity contribution in [2.75, 3.05) is 11.9 Å². The van der Waals surface area contributed by atoms with Gasteiger partial charge in [0.15, 0.2) is 17.2 Å². The highest BCUT2D eigenvalue weighted by atomic mass is 35.5. The van der Waals surface area contributed by atoms with Gasteiger partial charge in [0.05, 0.1) is 4.88 Å². The Labute approximate surface area is 174 Å². The van der Waals surface area contributed by atoms with Crippen molar-refractivity contribution in [3.63, 3.8) is 0 Å². The highest BCUT2D eigenvalue weighted by Gasteiger charge is 2.24. The number of thiophene rings is 1. The number of aromatic carboxylic acids is 1. The molecule has 0 aliphatic carbocycles. The second kappa shape index (κ2) is 8.76. The van der Waals surface area contributed by atoms with Crippen molar-refractivity contribution < 1.29 is 29.3 Å². The molecule has 29 heavy (non-hydrogen) atoms. The molecular formula is C20H14ClNO6S. The van der Waals surface area contributed by atoms with Crippen LogP contribution >= 0.6 is 22.9 Å². The van der Waals surface area contributed by atoms with E-state index in [1.165, 1.54) is 0 Å². The summed E-state index contributed by atoms with van der Waals surface area (Å²) in [5, 5.41) is 20.9. The van der Waals surface area contributed by atoms with E-state index in [0.29, 0.717) is 21.7 Å². The standard InChI is InChI=1S/C20H14ClNO6S/c21-15-16(28-10-14(23)24)18(20(26)27)29-17(15)12-7-4-8-13(9-12)22-19(25)11-5-2-1-3-6-11/h1-9H,10H2,(H,22,25)(H,23,24)(H,26,27). The first-order chi connectivity index (χ1) is 13.9. The minimum Gasteiger partial charge on any atom is -0.479 e. The summed E-state index contributed by atoms with van der Waals surface area (Å²) in [5.41, 5.74) is 1.54. The molecule has 0 aliphatic rings. The van der Waals surface area contributed by atoms with Crippen LogP contribution in [0.15, 0.2) is 54.6 Å². The van der Waals surface area contributed by atoms with Crippen LogP contribution in [0.1, 0.15) is 20.0 Å². The molecule has 148 valence electrons. The van der Waals surface area contributed by atoms with Crippen molar-refractivity contribution in [1.82, 2.24) is 0 Å². The Kier molecular flexibility index (Phi) is 6.16. The molecule has 0 saturated carbocycles. The Bertz CT molecular complexity index is 1080. The predicted octanol–water partition coefficient (Wildman–Crippen LogP) is 4.48. The van der Waals surface area contributed by atoms with Gasteiger partial charge in [-0.3, -0.25) is 4.79 Å². The van der Waals surface area contributed by atoms with Crippen LogP contribution in [0, 0.1) is 0 Å². The number of anilines is 1. The average molecular weight is 432 g/mol. The number of amides is 1. The number of halogens is 1. The van der Waals surface area contributed by atoms with Gasteiger partial charge in [-0.25, -0.2) is 9.59 Å². The van der Waals surface area contributed by atoms with E-state index in [9.17, 15) is 19.5 Å². The smallest absolute Gasteiger partial charge is 0.349 e. The molecule has 1 amide bonds. The zero-order valence-corrected chi connectivity index (χ0v) is 16.3. The lowest BCUT2D eigenvalue weighted by Crippen LogP contribution is -2.11. The Hall–Kier alpha value is -3.36. The fraction of sp³-hybridized carbons (Fsp3) is 0.0500. The van der Waals surface area contributed by atoms with E-state index in [1.807, 2.05) is 0 Å². The normalized spacial score (nSPS) is 10.4. The number of benzene rings is 2. The van der Waals surface area contributed by atoms with Gasteiger partial charge in [-0.2, -0.15) is 0 Å². The molecule has 0 spiro atoms. The summed E-state index contributed by atoms with van der Waals surface area (Å²) in [6.45, 7) is -0.719. The lowest BCUT2D eigenvalue weighted by atomic mass is 10.1. The van der Waals surface area contributed by atoms with E-state index in [2.05, 4.69) is 5.32 Å². The SMILES string of the molecule is O=C(O)COc1c(C(=O)O)sc(-c2cccc(NC(=O)c3ccccc3)c2)c1Cl. The van der Waals surface area contributed by atoms with Crippen molar-refractivity contribution in [3.8, 4) is 16.2 Å². The second-order valence-corrected chi connectivity index (χ2v) is 7.19. The van der Waals surface area contributed by atoms with E-state index in [0.717, 1.165) is 11.3 Å². The molecule has 0 radical (unpaired) electrons. The van der Waals surface area contributed by atoms with E-state index in [1.54, 1.807) is 54.6 Å². The first kappa shape index (κ1) is 20.4. The summed E-state index contributed by atoms with van der Waals surface area (Å²) < 4.78 is 5.07. The number of hydrogen-bond acceptors (Lipinski definition) is 5. The van der Waals surface area contributed by atoms with Crippen molar-refractivity contribution in [3.05, 3.63) is 70.1 Å². The first-order valence-corrected chi connectivity index (χ1v) is 9.43. The maximum atomic E-state index is 12.3. The molecule has 1 aromatic heterocycles. The molecule has 2 aromatic carbocycles. The molecular weight excluding hydrogens is 418 g/mol. The first-order valence-electron chi connectivity index (χ1n) is 8.24. The molecule has 0 unspecified atom stereocenters. The van der Waals surface area contributed by atoms with Crippen LogP contribution in [0.5, 0.6) is 5.75 Å². The summed E-state index contributed by atoms with van der Waals surface area (Å²) in [5.74, 6) is -3.02. The van der Waals surface area contributed by atoms with Crippen LogP contribution in [-0.2, 0) is 4.79 Å². The molecule has 0 saturated heterocycles. The summed E-state index contributed by atoms with van der Waals surface area (Å²) in [6.07, 6.45) is 0. The fourth-order valence-electron chi connectivity index (χ4n) is 2.52. The lowest BCUT2D eigenvalue weighted by molar-refractivity contribution is -0.139. The maximum Gasteiger partial charge on any atom is 0.349 e. The zero-order valence-electron chi connectivity index (χ0n) is 14.7. The number of nitrogens with one attached hydrogen (secondary N) is 1. The second-order valence-electron chi connectivity index (χ2n) is 5.79. The Morgan fingerprint density at radius 1 is 1.03 bits per heavy atom. The molecule has 0 aliphatic heterocycles. The van der Waals surface area contributed by atoms with Gasteiger partial charge < -0.3 is 20.3 Å². The molecule has 0 fully saturated rings. The van der Waals surface area contributed by atoms with Crippen LogP contribution in [-0.4, -0.2) is 34.7 Å². The van der Waals surface area contributed by atoms with Crippen LogP contribution in [0.4, 0.5) is 5.69 Å². The van der Waals surface area contributed by atoms with Crippen molar-refractivity contribution in [2.45, 2.75) is 0 Å². The monoisotopic (exact) mass is 431 g/mol. The number of carbonyl (C=O) groups excluding carboxylic acids is 1. The van der Waals surface area contributed by atoms with Crippen LogP contribution in [0.3, 0.4) is 0 Å². The minimum atomic E-state index is -1.28. The third-order valence-corrected chi connectivity index (χ3v) is 5.44. The summed E-state index contributed by atoms with van der Waals surface area (Å²) in [4.78, 5) is 34.8. The molecule has 1 heterocycles. The third kappa shape index (κ3) is 4.74. The van der Waals surface area contributed by atoms with Crippen LogP contribution < -0.4 is 10.1 Å². The quantitative estimate of drug-likeness (QED) is 0.508. The number of carboxylic acids is 2. The molecule has 9 heteroatoms. The molecule has 3 rings (SSSR count). The summed E-state index contributed by atoms with van der Waals surface area (Å²) in [7, 11) is 0. The Balaban J connectivity index is 1.92. The molecule has 7 nitrogen and oxygen atoms in total. The molecule has 3 aromatic rings. The topological polar surface area (TPSA) is 113 Å². The maximum absolute atomic E-state index is 12.3. The number of rotatable bonds is 7. The van der Waals surface area contributed by atoms with E-state index >= 15 is 0 Å². The number of ether oxygens (including phenoxy) is 1. The number of carbonyl (C=O) groups is 3. The largest absolute Gasteiger partial charge is 0.479 e. The Morgan fingerprint density at radius 2 is 1.76 bits per heavy atom. The predicted molar refractivity (Wildman–Crippen MR) is 109 cm³/mol. The molecule has 0 bridgehead atoms. The summed E-state index contributed by atoms with van der Waals surface area (Å²) in [6, 6.07) is 15.4. The minimum absolute atomic E-state index is 0.000172. The van der Waals surface area contributed by atoms with Crippen molar-refractivity contribution in [1.29, 1.82) is 0 Å². The van der Waals surface area contributed by atoms with Gasteiger partial charge in [0.2, 0.25) is 0 Å². The highest BCUT2D eigenvalue weighted by Crippen LogP contribution is 2.45. The van der Waals surface area contributed by atoms with E-state index in [-0.39, 0.29) is 21.6 Å². The van der Waals surface area contributed by atoms with Gasteiger partial charge in [0, 0.05) is 11.3 Å². The van der Waals surface area contributed by atoms with Crippen LogP contribution in [0.25, 0.3) is 10.4 Å². The highest BCUT2D eigenvalue weighted by molar-refractivity contribution is 7.18. The van der Waals surface area contributed by atoms with Gasteiger partial charge in [0.25, 0.3) is 5.91 Å². The van der Waals surface area contributed by atoms with E-state index in [4.69, 9.17) is 21.4 Å². The van der Waals surface area contributed by atoms with Gasteiger partial charge >= 0.3 is 11.9 Å². The number of hydrogen-bond donors (Lipinski definition) is 3. The van der Waals surface area contributed by atoms with Gasteiger partial charge in [-0.05, 0) is 29.8 Å². The zero-order chi connectivity index (χ0) is 21.0. The molecule has 0 atom stereocenters. The van der Waals surface area contributed by atoms with Crippen molar-refractivity contribution in [2.24, 2.45) is 0 Å². The van der Waals surface area contributed by atoms with Crippen molar-refractivity contribution >= 4 is 46.5 Å². The average Bonchev–Trinajstić information content (AvgIpc) is 3.04.